The highest BCUT2D eigenvalue weighted by Gasteiger charge is 2.38. The minimum Gasteiger partial charge on any atom is -0.356 e. The fraction of sp³-hybridized carbons (Fsp3) is 0.520. The molecule has 3 N–H and O–H groups in total. The minimum atomic E-state index is -4.65. The van der Waals surface area contributed by atoms with Gasteiger partial charge >= 0.3 is 6.18 Å². The van der Waals surface area contributed by atoms with Gasteiger partial charge in [0.1, 0.15) is 11.3 Å². The predicted octanol–water partition coefficient (Wildman–Crippen LogP) is 4.15. The number of fused-ring (bicyclic) bond motifs is 1. The number of piperidine rings is 1. The van der Waals surface area contributed by atoms with Crippen LogP contribution in [0, 0.1) is 0 Å². The largest absolute Gasteiger partial charge is 0.419 e. The van der Waals surface area contributed by atoms with Crippen molar-refractivity contribution in [2.24, 2.45) is 7.05 Å². The molecule has 0 aliphatic carbocycles. The number of aryl methyl sites for hydroxylation is 1. The third-order valence-electron chi connectivity index (χ3n) is 7.27. The van der Waals surface area contributed by atoms with Crippen LogP contribution in [0.5, 0.6) is 0 Å². The topological polar surface area (TPSA) is 104 Å². The van der Waals surface area contributed by atoms with Crippen LogP contribution in [0.15, 0.2) is 24.8 Å². The Labute approximate surface area is 212 Å². The van der Waals surface area contributed by atoms with Gasteiger partial charge in [-0.25, -0.2) is 9.97 Å². The van der Waals surface area contributed by atoms with Crippen molar-refractivity contribution in [2.75, 3.05) is 16.8 Å². The fourth-order valence-corrected chi connectivity index (χ4v) is 5.12. The van der Waals surface area contributed by atoms with E-state index in [1.807, 2.05) is 6.92 Å². The lowest BCUT2D eigenvalue weighted by atomic mass is 9.91. The summed E-state index contributed by atoms with van der Waals surface area (Å²) >= 11 is 0. The number of amides is 1. The summed E-state index contributed by atoms with van der Waals surface area (Å²) in [7, 11) is 1.76. The molecule has 37 heavy (non-hydrogen) atoms. The number of aromatic nitrogens is 5. The van der Waals surface area contributed by atoms with Crippen LogP contribution in [0.1, 0.15) is 61.6 Å². The first-order chi connectivity index (χ1) is 17.4. The number of nitrogens with zero attached hydrogens (tertiary/aromatic N) is 5. The summed E-state index contributed by atoms with van der Waals surface area (Å²) < 4.78 is 43.7. The third-order valence-corrected chi connectivity index (χ3v) is 7.27. The van der Waals surface area contributed by atoms with Crippen LogP contribution in [0.2, 0.25) is 0 Å². The molecule has 198 valence electrons. The molecular formula is C25H31F3N8O. The van der Waals surface area contributed by atoms with E-state index in [0.717, 1.165) is 19.0 Å². The SMILES string of the molecule is C[C@@H]1CCc2c(-c3nc(N[C@H]4CCC(C)(C)NC4)ncc3C(F)(F)F)c[nH]c2C(=O)N1c1cnn(C)c1. The molecule has 0 bridgehead atoms. The van der Waals surface area contributed by atoms with E-state index in [1.54, 1.807) is 29.0 Å². The minimum absolute atomic E-state index is 0.00332. The summed E-state index contributed by atoms with van der Waals surface area (Å²) in [6.07, 6.45) is 3.72. The number of halogens is 3. The number of nitrogens with one attached hydrogen (secondary N) is 3. The van der Waals surface area contributed by atoms with E-state index in [4.69, 9.17) is 0 Å². The van der Waals surface area contributed by atoms with Gasteiger partial charge < -0.3 is 20.5 Å². The van der Waals surface area contributed by atoms with Gasteiger partial charge in [-0.05, 0) is 52.0 Å². The number of rotatable bonds is 4. The van der Waals surface area contributed by atoms with Gasteiger partial charge in [-0.1, -0.05) is 0 Å². The molecule has 5 heterocycles. The molecule has 0 unspecified atom stereocenters. The van der Waals surface area contributed by atoms with E-state index in [-0.39, 0.29) is 46.4 Å². The molecule has 0 spiro atoms. The van der Waals surface area contributed by atoms with Crippen molar-refractivity contribution in [1.82, 2.24) is 30.0 Å². The molecule has 2 atom stereocenters. The normalized spacial score (nSPS) is 22.0. The van der Waals surface area contributed by atoms with E-state index in [0.29, 0.717) is 30.6 Å². The fourth-order valence-electron chi connectivity index (χ4n) is 5.12. The van der Waals surface area contributed by atoms with Crippen molar-refractivity contribution in [3.05, 3.63) is 41.6 Å². The standard InChI is InChI=1S/C25H31F3N8O/c1-14-5-6-17-18(11-29-21(17)22(37)36(14)16-10-32-35(4)13-16)20-19(25(26,27)28)12-30-23(34-20)33-15-7-8-24(2,3)31-9-15/h10-15,29,31H,5-9H2,1-4H3,(H,30,33,34)/t14-,15+/m1/s1. The van der Waals surface area contributed by atoms with Crippen LogP contribution >= 0.6 is 0 Å². The molecule has 2 aliphatic heterocycles. The van der Waals surface area contributed by atoms with Gasteiger partial charge in [0.15, 0.2) is 0 Å². The summed E-state index contributed by atoms with van der Waals surface area (Å²) in [4.78, 5) is 26.5. The summed E-state index contributed by atoms with van der Waals surface area (Å²) in [5.74, 6) is -0.175. The number of carbonyl (C=O) groups excluding carboxylic acids is 1. The summed E-state index contributed by atoms with van der Waals surface area (Å²) in [6, 6.07) is -0.172. The van der Waals surface area contributed by atoms with Crippen molar-refractivity contribution in [2.45, 2.75) is 70.3 Å². The second kappa shape index (κ2) is 9.16. The number of H-pyrrole nitrogens is 1. The summed E-state index contributed by atoms with van der Waals surface area (Å²) in [5.41, 5.74) is 0.545. The Hall–Kier alpha value is -3.41. The predicted molar refractivity (Wildman–Crippen MR) is 133 cm³/mol. The average molecular weight is 517 g/mol. The maximum Gasteiger partial charge on any atom is 0.419 e. The van der Waals surface area contributed by atoms with Gasteiger partial charge in [0.05, 0.1) is 17.6 Å². The highest BCUT2D eigenvalue weighted by molar-refractivity contribution is 6.07. The molecule has 0 saturated carbocycles. The zero-order valence-corrected chi connectivity index (χ0v) is 21.3. The molecule has 1 saturated heterocycles. The highest BCUT2D eigenvalue weighted by atomic mass is 19.4. The molecular weight excluding hydrogens is 485 g/mol. The molecule has 0 radical (unpaired) electrons. The van der Waals surface area contributed by atoms with Crippen LogP contribution in [0.4, 0.5) is 24.8 Å². The highest BCUT2D eigenvalue weighted by Crippen LogP contribution is 2.40. The maximum atomic E-state index is 14.0. The number of hydrogen-bond donors (Lipinski definition) is 3. The zero-order chi connectivity index (χ0) is 26.5. The zero-order valence-electron chi connectivity index (χ0n) is 21.3. The third kappa shape index (κ3) is 4.94. The lowest BCUT2D eigenvalue weighted by molar-refractivity contribution is -0.137. The van der Waals surface area contributed by atoms with Gasteiger partial charge in [-0.3, -0.25) is 9.48 Å². The van der Waals surface area contributed by atoms with Crippen LogP contribution in [0.3, 0.4) is 0 Å². The lowest BCUT2D eigenvalue weighted by Gasteiger charge is -2.36. The van der Waals surface area contributed by atoms with Crippen molar-refractivity contribution in [3.63, 3.8) is 0 Å². The van der Waals surface area contributed by atoms with E-state index in [9.17, 15) is 18.0 Å². The maximum absolute atomic E-state index is 14.0. The Morgan fingerprint density at radius 2 is 2.00 bits per heavy atom. The van der Waals surface area contributed by atoms with E-state index >= 15 is 0 Å². The quantitative estimate of drug-likeness (QED) is 0.482. The van der Waals surface area contributed by atoms with Gasteiger partial charge in [0.2, 0.25) is 5.95 Å². The Morgan fingerprint density at radius 3 is 2.65 bits per heavy atom. The number of anilines is 2. The number of hydrogen-bond acceptors (Lipinski definition) is 6. The van der Waals surface area contributed by atoms with Gasteiger partial charge in [0, 0.05) is 55.4 Å². The molecule has 3 aromatic rings. The first-order valence-corrected chi connectivity index (χ1v) is 12.4. The summed E-state index contributed by atoms with van der Waals surface area (Å²) in [6.45, 7) is 6.81. The van der Waals surface area contributed by atoms with Crippen molar-refractivity contribution in [3.8, 4) is 11.3 Å². The monoisotopic (exact) mass is 516 g/mol. The van der Waals surface area contributed by atoms with Gasteiger partial charge in [-0.15, -0.1) is 0 Å². The van der Waals surface area contributed by atoms with Crippen LogP contribution < -0.4 is 15.5 Å². The van der Waals surface area contributed by atoms with E-state index < -0.39 is 11.7 Å². The molecule has 9 nitrogen and oxygen atoms in total. The number of alkyl halides is 3. The van der Waals surface area contributed by atoms with E-state index in [1.165, 1.54) is 6.20 Å². The molecule has 2 aliphatic rings. The first-order valence-electron chi connectivity index (χ1n) is 12.4. The second-order valence-corrected chi connectivity index (χ2v) is 10.6. The molecule has 1 fully saturated rings. The van der Waals surface area contributed by atoms with Gasteiger partial charge in [-0.2, -0.15) is 18.3 Å². The molecule has 5 rings (SSSR count). The Balaban J connectivity index is 1.52. The first kappa shape index (κ1) is 25.2. The molecule has 1 amide bonds. The van der Waals surface area contributed by atoms with Gasteiger partial charge in [0.25, 0.3) is 5.91 Å². The molecule has 0 aromatic carbocycles. The van der Waals surface area contributed by atoms with Crippen molar-refractivity contribution >= 4 is 17.5 Å². The van der Waals surface area contributed by atoms with Crippen LogP contribution in [-0.4, -0.2) is 54.8 Å². The van der Waals surface area contributed by atoms with Crippen LogP contribution in [0.25, 0.3) is 11.3 Å². The van der Waals surface area contributed by atoms with Crippen molar-refractivity contribution in [1.29, 1.82) is 0 Å². The van der Waals surface area contributed by atoms with E-state index in [2.05, 4.69) is 44.5 Å². The van der Waals surface area contributed by atoms with Crippen LogP contribution in [-0.2, 0) is 19.6 Å². The summed E-state index contributed by atoms with van der Waals surface area (Å²) in [5, 5.41) is 10.8. The molecule has 3 aromatic heterocycles. The Morgan fingerprint density at radius 1 is 1.22 bits per heavy atom. The van der Waals surface area contributed by atoms with Crippen molar-refractivity contribution < 1.29 is 18.0 Å². The Bertz CT molecular complexity index is 1300. The lowest BCUT2D eigenvalue weighted by Crippen LogP contribution is -2.50. The number of carbonyl (C=O) groups is 1. The Kier molecular flexibility index (Phi) is 6.25. The average Bonchev–Trinajstić information content (AvgIpc) is 3.42. The molecule has 12 heteroatoms. The number of aromatic amines is 1. The second-order valence-electron chi connectivity index (χ2n) is 10.6. The smallest absolute Gasteiger partial charge is 0.356 e.